The molecule has 16 heavy (non-hydrogen) atoms. The van der Waals surface area contributed by atoms with Gasteiger partial charge in [-0.15, -0.1) is 0 Å². The summed E-state index contributed by atoms with van der Waals surface area (Å²) in [6, 6.07) is 4.25. The van der Waals surface area contributed by atoms with Gasteiger partial charge in [-0.3, -0.25) is 0 Å². The van der Waals surface area contributed by atoms with Crippen LogP contribution in [0, 0.1) is 5.82 Å². The highest BCUT2D eigenvalue weighted by atomic mass is 19.1. The lowest BCUT2D eigenvalue weighted by molar-refractivity contribution is 0.290. The Balaban J connectivity index is 2.42. The van der Waals surface area contributed by atoms with Gasteiger partial charge in [0, 0.05) is 12.0 Å². The second-order valence-corrected chi connectivity index (χ2v) is 4.71. The molecular formula is C13H18FNO. The summed E-state index contributed by atoms with van der Waals surface area (Å²) in [5.41, 5.74) is 6.17. The SMILES string of the molecule is NCC1(c2cc(O)ccc2F)CCCCC1. The number of aromatic hydroxyl groups is 1. The summed E-state index contributed by atoms with van der Waals surface area (Å²) in [6.07, 6.45) is 5.22. The molecule has 0 radical (unpaired) electrons. The summed E-state index contributed by atoms with van der Waals surface area (Å²) in [7, 11) is 0. The molecule has 0 saturated heterocycles. The van der Waals surface area contributed by atoms with Crippen LogP contribution in [-0.2, 0) is 5.41 Å². The fourth-order valence-electron chi connectivity index (χ4n) is 2.73. The van der Waals surface area contributed by atoms with E-state index in [4.69, 9.17) is 5.73 Å². The van der Waals surface area contributed by atoms with E-state index in [0.717, 1.165) is 25.7 Å². The van der Waals surface area contributed by atoms with Gasteiger partial charge in [0.1, 0.15) is 11.6 Å². The molecule has 1 saturated carbocycles. The predicted molar refractivity (Wildman–Crippen MR) is 61.9 cm³/mol. The van der Waals surface area contributed by atoms with Crippen LogP contribution in [0.15, 0.2) is 18.2 Å². The third kappa shape index (κ3) is 1.92. The molecule has 0 heterocycles. The zero-order valence-corrected chi connectivity index (χ0v) is 9.38. The molecule has 0 unspecified atom stereocenters. The van der Waals surface area contributed by atoms with Gasteiger partial charge in [0.2, 0.25) is 0 Å². The van der Waals surface area contributed by atoms with E-state index in [0.29, 0.717) is 12.1 Å². The van der Waals surface area contributed by atoms with Gasteiger partial charge >= 0.3 is 0 Å². The number of halogens is 1. The molecule has 0 amide bonds. The van der Waals surface area contributed by atoms with Gasteiger partial charge in [-0.2, -0.15) is 0 Å². The van der Waals surface area contributed by atoms with E-state index in [1.54, 1.807) is 0 Å². The second kappa shape index (κ2) is 4.42. The van der Waals surface area contributed by atoms with Crippen LogP contribution in [0.3, 0.4) is 0 Å². The number of phenolic OH excluding ortho intramolecular Hbond substituents is 1. The van der Waals surface area contributed by atoms with Crippen LogP contribution in [0.4, 0.5) is 4.39 Å². The Bertz CT molecular complexity index is 372. The smallest absolute Gasteiger partial charge is 0.127 e. The first-order valence-corrected chi connectivity index (χ1v) is 5.87. The molecule has 1 aromatic rings. The first-order valence-electron chi connectivity index (χ1n) is 5.87. The Labute approximate surface area is 95.3 Å². The van der Waals surface area contributed by atoms with Crippen LogP contribution in [-0.4, -0.2) is 11.7 Å². The third-order valence-electron chi connectivity index (χ3n) is 3.72. The minimum Gasteiger partial charge on any atom is -0.508 e. The predicted octanol–water partition coefficient (Wildman–Crippen LogP) is 2.69. The summed E-state index contributed by atoms with van der Waals surface area (Å²) in [6.45, 7) is 0.452. The van der Waals surface area contributed by atoms with Crippen molar-refractivity contribution in [2.24, 2.45) is 5.73 Å². The molecule has 1 fully saturated rings. The molecule has 1 aromatic carbocycles. The van der Waals surface area contributed by atoms with Crippen LogP contribution in [0.2, 0.25) is 0 Å². The average molecular weight is 223 g/mol. The molecular weight excluding hydrogens is 205 g/mol. The van der Waals surface area contributed by atoms with Crippen molar-refractivity contribution in [2.75, 3.05) is 6.54 Å². The third-order valence-corrected chi connectivity index (χ3v) is 3.72. The highest BCUT2D eigenvalue weighted by molar-refractivity contribution is 5.35. The van der Waals surface area contributed by atoms with E-state index >= 15 is 0 Å². The van der Waals surface area contributed by atoms with Crippen molar-refractivity contribution < 1.29 is 9.50 Å². The van der Waals surface area contributed by atoms with Gasteiger partial charge in [-0.1, -0.05) is 19.3 Å². The van der Waals surface area contributed by atoms with E-state index in [2.05, 4.69) is 0 Å². The molecule has 2 nitrogen and oxygen atoms in total. The molecule has 1 aliphatic rings. The maximum Gasteiger partial charge on any atom is 0.127 e. The molecule has 3 N–H and O–H groups in total. The first kappa shape index (κ1) is 11.4. The molecule has 0 spiro atoms. The Morgan fingerprint density at radius 2 is 1.94 bits per heavy atom. The zero-order chi connectivity index (χ0) is 11.6. The van der Waals surface area contributed by atoms with Gasteiger partial charge in [-0.25, -0.2) is 4.39 Å². The van der Waals surface area contributed by atoms with Gasteiger partial charge in [-0.05, 0) is 36.6 Å². The van der Waals surface area contributed by atoms with Crippen molar-refractivity contribution >= 4 is 0 Å². The lowest BCUT2D eigenvalue weighted by Crippen LogP contribution is -2.37. The monoisotopic (exact) mass is 223 g/mol. The van der Waals surface area contributed by atoms with Crippen molar-refractivity contribution in [3.8, 4) is 5.75 Å². The summed E-state index contributed by atoms with van der Waals surface area (Å²) < 4.78 is 13.8. The topological polar surface area (TPSA) is 46.2 Å². The highest BCUT2D eigenvalue weighted by Gasteiger charge is 2.34. The number of nitrogens with two attached hydrogens (primary N) is 1. The Morgan fingerprint density at radius 1 is 1.25 bits per heavy atom. The molecule has 1 aliphatic carbocycles. The van der Waals surface area contributed by atoms with Crippen molar-refractivity contribution in [1.29, 1.82) is 0 Å². The van der Waals surface area contributed by atoms with Crippen LogP contribution in [0.1, 0.15) is 37.7 Å². The molecule has 0 bridgehead atoms. The maximum absolute atomic E-state index is 13.8. The van der Waals surface area contributed by atoms with Crippen LogP contribution in [0.5, 0.6) is 5.75 Å². The van der Waals surface area contributed by atoms with Crippen molar-refractivity contribution in [3.63, 3.8) is 0 Å². The van der Waals surface area contributed by atoms with Crippen molar-refractivity contribution in [1.82, 2.24) is 0 Å². The quantitative estimate of drug-likeness (QED) is 0.809. The van der Waals surface area contributed by atoms with Crippen LogP contribution in [0.25, 0.3) is 0 Å². The minimum atomic E-state index is -0.263. The van der Waals surface area contributed by atoms with Gasteiger partial charge in [0.25, 0.3) is 0 Å². The lowest BCUT2D eigenvalue weighted by Gasteiger charge is -2.37. The Hall–Kier alpha value is -1.09. The highest BCUT2D eigenvalue weighted by Crippen LogP contribution is 2.40. The molecule has 0 aliphatic heterocycles. The molecule has 0 aromatic heterocycles. The summed E-state index contributed by atoms with van der Waals surface area (Å²) >= 11 is 0. The first-order chi connectivity index (χ1) is 7.68. The van der Waals surface area contributed by atoms with E-state index in [9.17, 15) is 9.50 Å². The molecule has 2 rings (SSSR count). The largest absolute Gasteiger partial charge is 0.508 e. The number of benzene rings is 1. The standard InChI is InChI=1S/C13H18FNO/c14-12-5-4-10(16)8-11(12)13(9-15)6-2-1-3-7-13/h4-5,8,16H,1-3,6-7,9,15H2. The van der Waals surface area contributed by atoms with Crippen LogP contribution < -0.4 is 5.73 Å². The fraction of sp³-hybridized carbons (Fsp3) is 0.538. The molecule has 0 atom stereocenters. The number of hydrogen-bond donors (Lipinski definition) is 2. The number of phenols is 1. The summed E-state index contributed by atoms with van der Waals surface area (Å²) in [5, 5.41) is 9.47. The van der Waals surface area contributed by atoms with Gasteiger partial charge in [0.15, 0.2) is 0 Å². The fourth-order valence-corrected chi connectivity index (χ4v) is 2.73. The second-order valence-electron chi connectivity index (χ2n) is 4.71. The Kier molecular flexibility index (Phi) is 3.15. The van der Waals surface area contributed by atoms with Gasteiger partial charge < -0.3 is 10.8 Å². The van der Waals surface area contributed by atoms with E-state index < -0.39 is 0 Å². The minimum absolute atomic E-state index is 0.120. The van der Waals surface area contributed by atoms with Crippen molar-refractivity contribution in [2.45, 2.75) is 37.5 Å². The van der Waals surface area contributed by atoms with E-state index in [1.165, 1.54) is 24.6 Å². The van der Waals surface area contributed by atoms with Crippen molar-refractivity contribution in [3.05, 3.63) is 29.6 Å². The Morgan fingerprint density at radius 3 is 2.56 bits per heavy atom. The summed E-state index contributed by atoms with van der Waals surface area (Å²) in [4.78, 5) is 0. The van der Waals surface area contributed by atoms with E-state index in [1.807, 2.05) is 0 Å². The van der Waals surface area contributed by atoms with E-state index in [-0.39, 0.29) is 17.0 Å². The van der Waals surface area contributed by atoms with Crippen LogP contribution >= 0.6 is 0 Å². The molecule has 88 valence electrons. The summed E-state index contributed by atoms with van der Waals surface area (Å²) in [5.74, 6) is -0.125. The normalized spacial score (nSPS) is 19.6. The maximum atomic E-state index is 13.8. The lowest BCUT2D eigenvalue weighted by atomic mass is 9.69. The number of hydrogen-bond acceptors (Lipinski definition) is 2. The number of rotatable bonds is 2. The zero-order valence-electron chi connectivity index (χ0n) is 9.38. The average Bonchev–Trinajstić information content (AvgIpc) is 2.33. The van der Waals surface area contributed by atoms with Gasteiger partial charge in [0.05, 0.1) is 0 Å². The molecule has 3 heteroatoms.